The van der Waals surface area contributed by atoms with Crippen molar-refractivity contribution in [3.05, 3.63) is 0 Å². The highest BCUT2D eigenvalue weighted by Crippen LogP contribution is 2.38. The first-order valence-electron chi connectivity index (χ1n) is 7.12. The first-order valence-corrected chi connectivity index (χ1v) is 7.12. The molecule has 1 aliphatic carbocycles. The summed E-state index contributed by atoms with van der Waals surface area (Å²) in [4.78, 5) is 0. The van der Waals surface area contributed by atoms with Gasteiger partial charge in [-0.1, -0.05) is 6.42 Å². The van der Waals surface area contributed by atoms with Crippen LogP contribution in [-0.2, 0) is 4.74 Å². The van der Waals surface area contributed by atoms with Gasteiger partial charge in [0.05, 0.1) is 11.7 Å². The summed E-state index contributed by atoms with van der Waals surface area (Å²) in [6.07, 6.45) is 4.24. The van der Waals surface area contributed by atoms with Crippen LogP contribution in [0.3, 0.4) is 0 Å². The maximum atomic E-state index is 9.54. The zero-order valence-corrected chi connectivity index (χ0v) is 12.5. The third kappa shape index (κ3) is 4.26. The second kappa shape index (κ2) is 6.04. The molecule has 1 fully saturated rings. The lowest BCUT2D eigenvalue weighted by atomic mass is 9.85. The lowest BCUT2D eigenvalue weighted by molar-refractivity contribution is -0.0118. The highest BCUT2D eigenvalue weighted by atomic mass is 16.5. The van der Waals surface area contributed by atoms with E-state index in [1.54, 1.807) is 0 Å². The molecule has 18 heavy (non-hydrogen) atoms. The van der Waals surface area contributed by atoms with E-state index in [9.17, 15) is 5.26 Å². The molecule has 2 unspecified atom stereocenters. The largest absolute Gasteiger partial charge is 0.376 e. The normalized spacial score (nSPS) is 28.6. The van der Waals surface area contributed by atoms with Crippen LogP contribution in [0.4, 0.5) is 0 Å². The molecule has 0 bridgehead atoms. The summed E-state index contributed by atoms with van der Waals surface area (Å²) in [6.45, 7) is 11.2. The van der Waals surface area contributed by atoms with Crippen molar-refractivity contribution in [1.82, 2.24) is 5.32 Å². The van der Waals surface area contributed by atoms with Crippen LogP contribution in [-0.4, -0.2) is 23.8 Å². The summed E-state index contributed by atoms with van der Waals surface area (Å²) in [5, 5.41) is 13.0. The fourth-order valence-electron chi connectivity index (χ4n) is 2.86. The molecule has 0 amide bonds. The van der Waals surface area contributed by atoms with Gasteiger partial charge in [-0.25, -0.2) is 0 Å². The summed E-state index contributed by atoms with van der Waals surface area (Å²) in [5.74, 6) is 0.423. The smallest absolute Gasteiger partial charge is 0.109 e. The van der Waals surface area contributed by atoms with Crippen LogP contribution in [0.5, 0.6) is 0 Å². The Morgan fingerprint density at radius 2 is 2.11 bits per heavy atom. The molecule has 104 valence electrons. The van der Waals surface area contributed by atoms with Crippen molar-refractivity contribution in [2.24, 2.45) is 5.92 Å². The van der Waals surface area contributed by atoms with Crippen molar-refractivity contribution in [2.45, 2.75) is 77.5 Å². The van der Waals surface area contributed by atoms with Crippen LogP contribution >= 0.6 is 0 Å². The Balaban J connectivity index is 2.55. The van der Waals surface area contributed by atoms with Crippen molar-refractivity contribution in [2.75, 3.05) is 6.61 Å². The Morgan fingerprint density at radius 1 is 1.44 bits per heavy atom. The molecule has 0 saturated heterocycles. The minimum absolute atomic E-state index is 0.0839. The van der Waals surface area contributed by atoms with E-state index in [0.717, 1.165) is 32.3 Å². The summed E-state index contributed by atoms with van der Waals surface area (Å²) in [5.41, 5.74) is -0.408. The summed E-state index contributed by atoms with van der Waals surface area (Å²) in [6, 6.07) is 2.90. The lowest BCUT2D eigenvalue weighted by Crippen LogP contribution is -2.50. The molecular formula is C15H28N2O. The van der Waals surface area contributed by atoms with Gasteiger partial charge in [-0.3, -0.25) is 5.32 Å². The Hall–Kier alpha value is -0.590. The van der Waals surface area contributed by atoms with Crippen molar-refractivity contribution in [3.8, 4) is 6.07 Å². The molecule has 3 nitrogen and oxygen atoms in total. The minimum atomic E-state index is -0.324. The highest BCUT2D eigenvalue weighted by Gasteiger charge is 2.43. The number of hydrogen-bond donors (Lipinski definition) is 1. The van der Waals surface area contributed by atoms with Crippen LogP contribution in [0, 0.1) is 17.2 Å². The van der Waals surface area contributed by atoms with Gasteiger partial charge in [0.1, 0.15) is 5.54 Å². The van der Waals surface area contributed by atoms with Gasteiger partial charge in [-0.15, -0.1) is 0 Å². The van der Waals surface area contributed by atoms with E-state index in [1.165, 1.54) is 0 Å². The van der Waals surface area contributed by atoms with E-state index < -0.39 is 0 Å². The van der Waals surface area contributed by atoms with Gasteiger partial charge in [0.2, 0.25) is 0 Å². The molecule has 0 aromatic heterocycles. The summed E-state index contributed by atoms with van der Waals surface area (Å²) in [7, 11) is 0. The predicted octanol–water partition coefficient (Wildman–Crippen LogP) is 3.25. The predicted molar refractivity (Wildman–Crippen MR) is 74.3 cm³/mol. The second-order valence-electron chi connectivity index (χ2n) is 6.72. The SMILES string of the molecule is CC(C)NC1(C#N)CCCC1CCOC(C)(C)C. The molecule has 1 saturated carbocycles. The Kier molecular flexibility index (Phi) is 5.19. The van der Waals surface area contributed by atoms with Crippen LogP contribution < -0.4 is 5.32 Å². The number of ether oxygens (including phenoxy) is 1. The lowest BCUT2D eigenvalue weighted by Gasteiger charge is -2.32. The van der Waals surface area contributed by atoms with Crippen molar-refractivity contribution in [1.29, 1.82) is 5.26 Å². The number of hydrogen-bond acceptors (Lipinski definition) is 3. The van der Waals surface area contributed by atoms with Gasteiger partial charge < -0.3 is 4.74 Å². The van der Waals surface area contributed by atoms with Crippen LogP contribution in [0.2, 0.25) is 0 Å². The maximum Gasteiger partial charge on any atom is 0.109 e. The van der Waals surface area contributed by atoms with E-state index in [1.807, 2.05) is 0 Å². The molecule has 3 heteroatoms. The molecule has 0 spiro atoms. The monoisotopic (exact) mass is 252 g/mol. The van der Waals surface area contributed by atoms with E-state index >= 15 is 0 Å². The Morgan fingerprint density at radius 3 is 2.61 bits per heavy atom. The molecule has 0 radical (unpaired) electrons. The zero-order valence-electron chi connectivity index (χ0n) is 12.5. The molecule has 0 heterocycles. The molecule has 1 N–H and O–H groups in total. The first kappa shape index (κ1) is 15.5. The maximum absolute atomic E-state index is 9.54. The third-order valence-electron chi connectivity index (χ3n) is 3.57. The number of nitrogens with one attached hydrogen (secondary N) is 1. The standard InChI is InChI=1S/C15H28N2O/c1-12(2)17-15(11-16)9-6-7-13(15)8-10-18-14(3,4)5/h12-13,17H,6-10H2,1-5H3. The van der Waals surface area contributed by atoms with Crippen LogP contribution in [0.1, 0.15) is 60.3 Å². The number of rotatable bonds is 5. The second-order valence-corrected chi connectivity index (χ2v) is 6.72. The Bertz CT molecular complexity index is 301. The average Bonchev–Trinajstić information content (AvgIpc) is 2.59. The van der Waals surface area contributed by atoms with Gasteiger partial charge in [0, 0.05) is 12.6 Å². The molecule has 0 aliphatic heterocycles. The number of nitrogens with zero attached hydrogens (tertiary/aromatic N) is 1. The third-order valence-corrected chi connectivity index (χ3v) is 3.57. The zero-order chi connectivity index (χ0) is 13.8. The minimum Gasteiger partial charge on any atom is -0.376 e. The van der Waals surface area contributed by atoms with E-state index in [4.69, 9.17) is 4.74 Å². The van der Waals surface area contributed by atoms with Gasteiger partial charge in [0.25, 0.3) is 0 Å². The average molecular weight is 252 g/mol. The quantitative estimate of drug-likeness (QED) is 0.817. The van der Waals surface area contributed by atoms with Gasteiger partial charge in [0.15, 0.2) is 0 Å². The van der Waals surface area contributed by atoms with Crippen LogP contribution in [0.15, 0.2) is 0 Å². The molecule has 0 aromatic carbocycles. The molecule has 1 aliphatic rings. The van der Waals surface area contributed by atoms with Crippen LogP contribution in [0.25, 0.3) is 0 Å². The van der Waals surface area contributed by atoms with Gasteiger partial charge in [-0.05, 0) is 59.8 Å². The van der Waals surface area contributed by atoms with E-state index in [0.29, 0.717) is 12.0 Å². The van der Waals surface area contributed by atoms with Crippen molar-refractivity contribution in [3.63, 3.8) is 0 Å². The topological polar surface area (TPSA) is 45.0 Å². The molecule has 1 rings (SSSR count). The van der Waals surface area contributed by atoms with Gasteiger partial charge >= 0.3 is 0 Å². The highest BCUT2D eigenvalue weighted by molar-refractivity contribution is 5.14. The first-order chi connectivity index (χ1) is 8.29. The van der Waals surface area contributed by atoms with Crippen molar-refractivity contribution < 1.29 is 4.74 Å². The molecular weight excluding hydrogens is 224 g/mol. The molecule has 2 atom stereocenters. The summed E-state index contributed by atoms with van der Waals surface area (Å²) < 4.78 is 5.80. The fourth-order valence-corrected chi connectivity index (χ4v) is 2.86. The fraction of sp³-hybridized carbons (Fsp3) is 0.933. The number of nitriles is 1. The van der Waals surface area contributed by atoms with Gasteiger partial charge in [-0.2, -0.15) is 5.26 Å². The molecule has 0 aromatic rings. The van der Waals surface area contributed by atoms with E-state index in [2.05, 4.69) is 46.0 Å². The van der Waals surface area contributed by atoms with Crippen molar-refractivity contribution >= 4 is 0 Å². The summed E-state index contributed by atoms with van der Waals surface area (Å²) >= 11 is 0. The van der Waals surface area contributed by atoms with E-state index in [-0.39, 0.29) is 11.1 Å². The Labute approximate surface area is 112 Å².